The number of aryl methyl sites for hydroxylation is 1. The number of amides is 1. The van der Waals surface area contributed by atoms with Crippen LogP contribution in [0.1, 0.15) is 27.2 Å². The van der Waals surface area contributed by atoms with Crippen LogP contribution in [0.3, 0.4) is 0 Å². The van der Waals surface area contributed by atoms with Crippen LogP contribution in [0.4, 0.5) is 0 Å². The fourth-order valence-corrected chi connectivity index (χ4v) is 3.70. The van der Waals surface area contributed by atoms with E-state index in [-0.39, 0.29) is 5.91 Å². The third-order valence-corrected chi connectivity index (χ3v) is 5.21. The minimum Gasteiger partial charge on any atom is -0.486 e. The Morgan fingerprint density at radius 2 is 1.83 bits per heavy atom. The molecule has 0 N–H and O–H groups in total. The highest BCUT2D eigenvalue weighted by Crippen LogP contribution is 2.31. The monoisotopic (exact) mass is 411 g/mol. The van der Waals surface area contributed by atoms with E-state index in [0.717, 1.165) is 16.9 Å². The molecule has 1 aliphatic heterocycles. The number of hydrogen-bond donors (Lipinski definition) is 0. The van der Waals surface area contributed by atoms with Gasteiger partial charge in [-0.3, -0.25) is 4.79 Å². The molecule has 0 atom stereocenters. The molecule has 0 saturated heterocycles. The smallest absolute Gasteiger partial charge is 0.258 e. The second kappa shape index (κ2) is 8.17. The van der Waals surface area contributed by atoms with E-state index >= 15 is 0 Å². The Morgan fingerprint density at radius 1 is 1.10 bits per heavy atom. The summed E-state index contributed by atoms with van der Waals surface area (Å²) in [5, 5.41) is 4.83. The van der Waals surface area contributed by atoms with Crippen LogP contribution in [0, 0.1) is 6.92 Å². The molecule has 0 spiro atoms. The van der Waals surface area contributed by atoms with Crippen LogP contribution < -0.4 is 9.47 Å². The predicted molar refractivity (Wildman–Crippen MR) is 111 cm³/mol. The molecule has 4 rings (SSSR count). The zero-order chi connectivity index (χ0) is 20.4. The molecule has 6 nitrogen and oxygen atoms in total. The van der Waals surface area contributed by atoms with Crippen molar-refractivity contribution in [3.05, 3.63) is 76.1 Å². The van der Waals surface area contributed by atoms with Gasteiger partial charge in [0.15, 0.2) is 11.5 Å². The minimum absolute atomic E-state index is 0.165. The Morgan fingerprint density at radius 3 is 2.59 bits per heavy atom. The number of hydrogen-bond acceptors (Lipinski definition) is 4. The number of rotatable bonds is 5. The molecule has 0 bridgehead atoms. The first kappa shape index (κ1) is 19.3. The van der Waals surface area contributed by atoms with Gasteiger partial charge < -0.3 is 14.4 Å². The fourth-order valence-electron chi connectivity index (χ4n) is 3.38. The van der Waals surface area contributed by atoms with Crippen molar-refractivity contribution in [3.8, 4) is 11.5 Å². The average Bonchev–Trinajstić information content (AvgIpc) is 3.01. The van der Waals surface area contributed by atoms with E-state index < -0.39 is 0 Å². The van der Waals surface area contributed by atoms with Gasteiger partial charge in [-0.05, 0) is 30.2 Å². The Balaban J connectivity index is 1.51. The number of nitrogens with zero attached hydrogens (tertiary/aromatic N) is 3. The van der Waals surface area contributed by atoms with Gasteiger partial charge in [-0.15, -0.1) is 0 Å². The van der Waals surface area contributed by atoms with Crippen molar-refractivity contribution in [2.24, 2.45) is 0 Å². The zero-order valence-electron chi connectivity index (χ0n) is 16.4. The molecule has 0 aliphatic carbocycles. The van der Waals surface area contributed by atoms with E-state index in [2.05, 4.69) is 5.10 Å². The lowest BCUT2D eigenvalue weighted by Crippen LogP contribution is -2.27. The van der Waals surface area contributed by atoms with Crippen LogP contribution in [-0.4, -0.2) is 40.8 Å². The molecule has 1 amide bonds. The predicted octanol–water partition coefficient (Wildman–Crippen LogP) is 3.94. The number of halogens is 1. The summed E-state index contributed by atoms with van der Waals surface area (Å²) >= 11 is 6.53. The Kier molecular flexibility index (Phi) is 5.45. The van der Waals surface area contributed by atoms with Gasteiger partial charge in [-0.1, -0.05) is 48.0 Å². The van der Waals surface area contributed by atoms with Gasteiger partial charge in [-0.2, -0.15) is 5.10 Å². The lowest BCUT2D eigenvalue weighted by molar-refractivity contribution is 0.0784. The van der Waals surface area contributed by atoms with E-state index in [1.54, 1.807) is 23.6 Å². The Hall–Kier alpha value is -2.99. The first-order chi connectivity index (χ1) is 14.0. The van der Waals surface area contributed by atoms with Gasteiger partial charge >= 0.3 is 0 Å². The van der Waals surface area contributed by atoms with Gasteiger partial charge in [0.25, 0.3) is 5.91 Å². The van der Waals surface area contributed by atoms with Crippen molar-refractivity contribution in [1.82, 2.24) is 14.7 Å². The highest BCUT2D eigenvalue weighted by molar-refractivity contribution is 6.33. The number of benzene rings is 2. The quantitative estimate of drug-likeness (QED) is 0.638. The largest absolute Gasteiger partial charge is 0.486 e. The second-order valence-electron chi connectivity index (χ2n) is 7.03. The van der Waals surface area contributed by atoms with E-state index in [0.29, 0.717) is 48.5 Å². The summed E-state index contributed by atoms with van der Waals surface area (Å²) in [5.74, 6) is 1.27. The molecule has 2 aromatic carbocycles. The second-order valence-corrected chi connectivity index (χ2v) is 7.39. The maximum Gasteiger partial charge on any atom is 0.258 e. The van der Waals surface area contributed by atoms with Crippen LogP contribution in [0.25, 0.3) is 0 Å². The van der Waals surface area contributed by atoms with Crippen molar-refractivity contribution in [2.75, 3.05) is 20.3 Å². The van der Waals surface area contributed by atoms with Crippen molar-refractivity contribution >= 4 is 17.5 Å². The first-order valence-corrected chi connectivity index (χ1v) is 9.81. The van der Waals surface area contributed by atoms with Crippen molar-refractivity contribution in [3.63, 3.8) is 0 Å². The summed E-state index contributed by atoms with van der Waals surface area (Å²) < 4.78 is 12.8. The molecule has 0 radical (unpaired) electrons. The standard InChI is InChI=1S/C22H22ClN3O3/c1-15-20(21(23)26(24-15)14-16-6-4-3-5-7-16)22(27)25(2)13-17-8-9-18-19(12-17)29-11-10-28-18/h3-9,12H,10-11,13-14H2,1-2H3. The third kappa shape index (κ3) is 4.07. The lowest BCUT2D eigenvalue weighted by Gasteiger charge is -2.21. The van der Waals surface area contributed by atoms with Crippen LogP contribution >= 0.6 is 11.6 Å². The maximum atomic E-state index is 13.1. The zero-order valence-corrected chi connectivity index (χ0v) is 17.1. The molecule has 1 aromatic heterocycles. The highest BCUT2D eigenvalue weighted by Gasteiger charge is 2.24. The number of carbonyl (C=O) groups excluding carboxylic acids is 1. The number of fused-ring (bicyclic) bond motifs is 1. The summed E-state index contributed by atoms with van der Waals surface area (Å²) in [4.78, 5) is 14.7. The summed E-state index contributed by atoms with van der Waals surface area (Å²) in [6.07, 6.45) is 0. The van der Waals surface area contributed by atoms with Gasteiger partial charge in [0.1, 0.15) is 18.4 Å². The molecule has 7 heteroatoms. The van der Waals surface area contributed by atoms with Crippen LogP contribution in [0.5, 0.6) is 11.5 Å². The van der Waals surface area contributed by atoms with Gasteiger partial charge in [0.2, 0.25) is 0 Å². The summed E-state index contributed by atoms with van der Waals surface area (Å²) in [6.45, 7) is 3.82. The van der Waals surface area contributed by atoms with E-state index in [4.69, 9.17) is 21.1 Å². The molecule has 3 aromatic rings. The molecule has 29 heavy (non-hydrogen) atoms. The minimum atomic E-state index is -0.165. The summed E-state index contributed by atoms with van der Waals surface area (Å²) in [5.41, 5.74) is 3.07. The Labute approximate surface area is 174 Å². The van der Waals surface area contributed by atoms with E-state index in [1.165, 1.54) is 0 Å². The number of ether oxygens (including phenoxy) is 2. The molecule has 0 unspecified atom stereocenters. The Bertz CT molecular complexity index is 1030. The van der Waals surface area contributed by atoms with Crippen LogP contribution in [0.2, 0.25) is 5.15 Å². The summed E-state index contributed by atoms with van der Waals surface area (Å²) in [7, 11) is 1.75. The molecular formula is C22H22ClN3O3. The topological polar surface area (TPSA) is 56.6 Å². The van der Waals surface area contributed by atoms with Crippen LogP contribution in [0.15, 0.2) is 48.5 Å². The average molecular weight is 412 g/mol. The van der Waals surface area contributed by atoms with Crippen molar-refractivity contribution in [2.45, 2.75) is 20.0 Å². The van der Waals surface area contributed by atoms with Gasteiger partial charge in [0.05, 0.1) is 17.8 Å². The van der Waals surface area contributed by atoms with Crippen LogP contribution in [-0.2, 0) is 13.1 Å². The SMILES string of the molecule is Cc1nn(Cc2ccccc2)c(Cl)c1C(=O)N(C)Cc1ccc2c(c1)OCCO2. The molecule has 2 heterocycles. The van der Waals surface area contributed by atoms with E-state index in [1.807, 2.05) is 48.5 Å². The first-order valence-electron chi connectivity index (χ1n) is 9.44. The maximum absolute atomic E-state index is 13.1. The summed E-state index contributed by atoms with van der Waals surface area (Å²) in [6, 6.07) is 15.6. The van der Waals surface area contributed by atoms with Crippen molar-refractivity contribution < 1.29 is 14.3 Å². The molecular weight excluding hydrogens is 390 g/mol. The number of carbonyl (C=O) groups is 1. The molecule has 0 saturated carbocycles. The lowest BCUT2D eigenvalue weighted by atomic mass is 10.1. The fraction of sp³-hybridized carbons (Fsp3) is 0.273. The third-order valence-electron chi connectivity index (χ3n) is 4.83. The molecule has 1 aliphatic rings. The normalized spacial score (nSPS) is 12.7. The molecule has 0 fully saturated rings. The van der Waals surface area contributed by atoms with Gasteiger partial charge in [0, 0.05) is 13.6 Å². The molecule has 150 valence electrons. The highest BCUT2D eigenvalue weighted by atomic mass is 35.5. The van der Waals surface area contributed by atoms with Crippen molar-refractivity contribution in [1.29, 1.82) is 0 Å². The van der Waals surface area contributed by atoms with Gasteiger partial charge in [-0.25, -0.2) is 4.68 Å². The number of aromatic nitrogens is 2. The van der Waals surface area contributed by atoms with E-state index in [9.17, 15) is 4.79 Å².